The summed E-state index contributed by atoms with van der Waals surface area (Å²) in [5.74, 6) is 8.30. The minimum atomic E-state index is 0.696. The minimum Gasteiger partial charge on any atom is -0.0655 e. The van der Waals surface area contributed by atoms with E-state index in [0.717, 1.165) is 11.5 Å². The van der Waals surface area contributed by atoms with Crippen molar-refractivity contribution in [1.29, 1.82) is 0 Å². The Bertz CT molecular complexity index is 726. The van der Waals surface area contributed by atoms with Crippen molar-refractivity contribution < 1.29 is 0 Å². The van der Waals surface area contributed by atoms with Gasteiger partial charge in [0, 0.05) is 11.1 Å². The lowest BCUT2D eigenvalue weighted by Crippen LogP contribution is -2.01. The third-order valence-electron chi connectivity index (χ3n) is 4.74. The first kappa shape index (κ1) is 12.5. The molecule has 0 N–H and O–H groups in total. The third-order valence-corrected chi connectivity index (χ3v) is 4.74. The molecule has 2 aliphatic rings. The molecule has 2 bridgehead atoms. The van der Waals surface area contributed by atoms with Gasteiger partial charge >= 0.3 is 0 Å². The molecular weight excluding hydrogens is 252 g/mol. The molecule has 102 valence electrons. The van der Waals surface area contributed by atoms with Crippen molar-refractivity contribution in [3.05, 3.63) is 77.4 Å². The fraction of sp³-hybridized carbons (Fsp3) is 0.238. The molecule has 1 saturated carbocycles. The van der Waals surface area contributed by atoms with Gasteiger partial charge in [-0.05, 0) is 54.4 Å². The van der Waals surface area contributed by atoms with Crippen LogP contribution in [0.2, 0.25) is 0 Å². The molecule has 0 saturated heterocycles. The molecule has 1 fully saturated rings. The maximum Gasteiger partial charge on any atom is 0.0248 e. The monoisotopic (exact) mass is 270 g/mol. The molecular formula is C21H18. The lowest BCUT2D eigenvalue weighted by atomic mass is 9.87. The zero-order chi connectivity index (χ0) is 14.1. The average molecular weight is 270 g/mol. The molecule has 0 heteroatoms. The molecule has 2 aromatic rings. The highest BCUT2D eigenvalue weighted by atomic mass is 14.4. The summed E-state index contributed by atoms with van der Waals surface area (Å²) in [6, 6.07) is 21.2. The Kier molecular flexibility index (Phi) is 3.13. The van der Waals surface area contributed by atoms with Gasteiger partial charge in [-0.15, -0.1) is 0 Å². The van der Waals surface area contributed by atoms with Crippen LogP contribution in [0.4, 0.5) is 0 Å². The molecule has 0 aromatic heterocycles. The average Bonchev–Trinajstić information content (AvgIpc) is 3.16. The molecule has 2 aromatic carbocycles. The molecule has 21 heavy (non-hydrogen) atoms. The second-order valence-corrected chi connectivity index (χ2v) is 6.02. The quantitative estimate of drug-likeness (QED) is 0.645. The Labute approximate surface area is 126 Å². The molecule has 0 spiro atoms. The van der Waals surface area contributed by atoms with Crippen LogP contribution in [0.25, 0.3) is 5.57 Å². The first-order valence-electron chi connectivity index (χ1n) is 7.78. The van der Waals surface area contributed by atoms with Crippen molar-refractivity contribution in [1.82, 2.24) is 0 Å². The van der Waals surface area contributed by atoms with Crippen molar-refractivity contribution >= 4 is 5.57 Å². The molecule has 4 rings (SSSR count). The standard InChI is InChI=1S/C21H18/c1-3-7-16(8-4-1)11-14-20-18-12-13-19(15-18)21(20)17-9-5-2-6-10-17/h1-10,18-19H,12-13,15H2. The summed E-state index contributed by atoms with van der Waals surface area (Å²) >= 11 is 0. The van der Waals surface area contributed by atoms with Gasteiger partial charge in [0.2, 0.25) is 0 Å². The van der Waals surface area contributed by atoms with Crippen LogP contribution in [-0.4, -0.2) is 0 Å². The van der Waals surface area contributed by atoms with E-state index < -0.39 is 0 Å². The number of allylic oxidation sites excluding steroid dienone is 2. The number of benzene rings is 2. The van der Waals surface area contributed by atoms with E-state index in [1.807, 2.05) is 6.07 Å². The molecule has 0 heterocycles. The first-order valence-corrected chi connectivity index (χ1v) is 7.78. The van der Waals surface area contributed by atoms with E-state index >= 15 is 0 Å². The lowest BCUT2D eigenvalue weighted by molar-refractivity contribution is 0.676. The number of fused-ring (bicyclic) bond motifs is 2. The van der Waals surface area contributed by atoms with E-state index in [4.69, 9.17) is 0 Å². The SMILES string of the molecule is C(#Cc1ccccc1)C1=C(c2ccccc2)C2CCC1C2. The van der Waals surface area contributed by atoms with Crippen LogP contribution in [0.3, 0.4) is 0 Å². The van der Waals surface area contributed by atoms with Gasteiger partial charge in [-0.2, -0.15) is 0 Å². The lowest BCUT2D eigenvalue weighted by Gasteiger charge is -2.16. The Morgan fingerprint density at radius 3 is 2.14 bits per heavy atom. The van der Waals surface area contributed by atoms with Crippen LogP contribution in [0.5, 0.6) is 0 Å². The van der Waals surface area contributed by atoms with Crippen LogP contribution in [0.15, 0.2) is 66.2 Å². The second kappa shape index (κ2) is 5.26. The zero-order valence-corrected chi connectivity index (χ0v) is 12.0. The second-order valence-electron chi connectivity index (χ2n) is 6.02. The van der Waals surface area contributed by atoms with Gasteiger partial charge in [-0.25, -0.2) is 0 Å². The van der Waals surface area contributed by atoms with Crippen molar-refractivity contribution in [2.24, 2.45) is 11.8 Å². The topological polar surface area (TPSA) is 0 Å². The highest BCUT2D eigenvalue weighted by molar-refractivity contribution is 5.78. The Morgan fingerprint density at radius 1 is 0.714 bits per heavy atom. The smallest absolute Gasteiger partial charge is 0.0248 e. The predicted molar refractivity (Wildman–Crippen MR) is 87.5 cm³/mol. The van der Waals surface area contributed by atoms with E-state index in [1.54, 1.807) is 0 Å². The van der Waals surface area contributed by atoms with E-state index in [2.05, 4.69) is 66.4 Å². The molecule has 2 aliphatic carbocycles. The normalized spacial score (nSPS) is 23.0. The first-order chi connectivity index (χ1) is 10.4. The summed E-state index contributed by atoms with van der Waals surface area (Å²) in [5.41, 5.74) is 5.42. The minimum absolute atomic E-state index is 0.696. The number of hydrogen-bond acceptors (Lipinski definition) is 0. The zero-order valence-electron chi connectivity index (χ0n) is 12.0. The van der Waals surface area contributed by atoms with E-state index in [0.29, 0.717) is 5.92 Å². The van der Waals surface area contributed by atoms with Gasteiger partial charge in [0.25, 0.3) is 0 Å². The molecule has 0 radical (unpaired) electrons. The van der Waals surface area contributed by atoms with Crippen LogP contribution < -0.4 is 0 Å². The highest BCUT2D eigenvalue weighted by Gasteiger charge is 2.38. The molecule has 0 aliphatic heterocycles. The fourth-order valence-electron chi connectivity index (χ4n) is 3.79. The summed E-state index contributed by atoms with van der Waals surface area (Å²) in [7, 11) is 0. The Morgan fingerprint density at radius 2 is 1.38 bits per heavy atom. The summed E-state index contributed by atoms with van der Waals surface area (Å²) in [4.78, 5) is 0. The largest absolute Gasteiger partial charge is 0.0655 e. The van der Waals surface area contributed by atoms with Gasteiger partial charge < -0.3 is 0 Å². The van der Waals surface area contributed by atoms with E-state index in [9.17, 15) is 0 Å². The fourth-order valence-corrected chi connectivity index (χ4v) is 3.79. The van der Waals surface area contributed by atoms with Gasteiger partial charge in [-0.1, -0.05) is 60.4 Å². The van der Waals surface area contributed by atoms with Crippen LogP contribution in [0, 0.1) is 23.7 Å². The number of hydrogen-bond donors (Lipinski definition) is 0. The van der Waals surface area contributed by atoms with Crippen LogP contribution >= 0.6 is 0 Å². The molecule has 0 amide bonds. The van der Waals surface area contributed by atoms with E-state index in [1.165, 1.54) is 36.0 Å². The van der Waals surface area contributed by atoms with Gasteiger partial charge in [0.15, 0.2) is 0 Å². The summed E-state index contributed by atoms with van der Waals surface area (Å²) in [5, 5.41) is 0. The van der Waals surface area contributed by atoms with Crippen molar-refractivity contribution in [3.63, 3.8) is 0 Å². The van der Waals surface area contributed by atoms with Gasteiger partial charge in [-0.3, -0.25) is 0 Å². The summed E-state index contributed by atoms with van der Waals surface area (Å²) in [6.07, 6.45) is 3.97. The number of rotatable bonds is 1. The highest BCUT2D eigenvalue weighted by Crippen LogP contribution is 2.52. The van der Waals surface area contributed by atoms with Crippen molar-refractivity contribution in [2.75, 3.05) is 0 Å². The summed E-state index contributed by atoms with van der Waals surface area (Å²) < 4.78 is 0. The Hall–Kier alpha value is -2.26. The maximum absolute atomic E-state index is 3.51. The van der Waals surface area contributed by atoms with Gasteiger partial charge in [0.1, 0.15) is 0 Å². The molecule has 0 nitrogen and oxygen atoms in total. The summed E-state index contributed by atoms with van der Waals surface area (Å²) in [6.45, 7) is 0. The predicted octanol–water partition coefficient (Wildman–Crippen LogP) is 4.92. The Balaban J connectivity index is 1.77. The van der Waals surface area contributed by atoms with Crippen LogP contribution in [0.1, 0.15) is 30.4 Å². The van der Waals surface area contributed by atoms with Gasteiger partial charge in [0.05, 0.1) is 0 Å². The molecule has 2 unspecified atom stereocenters. The third kappa shape index (κ3) is 2.30. The van der Waals surface area contributed by atoms with Crippen molar-refractivity contribution in [3.8, 4) is 11.8 Å². The van der Waals surface area contributed by atoms with Crippen molar-refractivity contribution in [2.45, 2.75) is 19.3 Å². The van der Waals surface area contributed by atoms with E-state index in [-0.39, 0.29) is 0 Å². The maximum atomic E-state index is 3.51. The molecule has 2 atom stereocenters. The van der Waals surface area contributed by atoms with Crippen LogP contribution in [-0.2, 0) is 0 Å².